The lowest BCUT2D eigenvalue weighted by molar-refractivity contribution is -0.148. The summed E-state index contributed by atoms with van der Waals surface area (Å²) in [7, 11) is 0. The summed E-state index contributed by atoms with van der Waals surface area (Å²) in [6.45, 7) is 4.37. The lowest BCUT2D eigenvalue weighted by Crippen LogP contribution is -2.18. The van der Waals surface area contributed by atoms with E-state index in [9.17, 15) is 4.79 Å². The van der Waals surface area contributed by atoms with Gasteiger partial charge in [0.1, 0.15) is 6.10 Å². The molecule has 0 aromatic carbocycles. The first kappa shape index (κ1) is 20.2. The first-order valence-corrected chi connectivity index (χ1v) is 10.4. The first-order valence-electron chi connectivity index (χ1n) is 9.48. The van der Waals surface area contributed by atoms with Crippen LogP contribution < -0.4 is 0 Å². The minimum atomic E-state index is -0.0739. The van der Waals surface area contributed by atoms with Crippen LogP contribution in [0.4, 0.5) is 0 Å². The molecule has 1 heterocycles. The number of thiophene rings is 1. The van der Waals surface area contributed by atoms with Crippen molar-refractivity contribution >= 4 is 17.3 Å². The molecule has 132 valence electrons. The summed E-state index contributed by atoms with van der Waals surface area (Å²) in [6.07, 6.45) is 14.5. The Morgan fingerprint density at radius 1 is 1.04 bits per heavy atom. The summed E-state index contributed by atoms with van der Waals surface area (Å²) < 4.78 is 5.61. The largest absolute Gasteiger partial charge is 0.462 e. The van der Waals surface area contributed by atoms with E-state index in [0.29, 0.717) is 6.42 Å². The molecule has 0 saturated heterocycles. The van der Waals surface area contributed by atoms with Crippen LogP contribution in [-0.4, -0.2) is 12.1 Å². The standard InChI is InChI=1S/C20H34O2S/c1-3-5-6-7-8-9-10-11-12-14-18(4-2)22-20(21)17-19-15-13-16-23-19/h13,15-16,18H,3-12,14,17H2,1-2H3. The molecule has 1 aromatic heterocycles. The summed E-state index contributed by atoms with van der Waals surface area (Å²) in [4.78, 5) is 13.0. The van der Waals surface area contributed by atoms with Crippen molar-refractivity contribution in [1.82, 2.24) is 0 Å². The van der Waals surface area contributed by atoms with E-state index in [-0.39, 0.29) is 12.1 Å². The smallest absolute Gasteiger partial charge is 0.311 e. The Labute approximate surface area is 146 Å². The van der Waals surface area contributed by atoms with Crippen molar-refractivity contribution in [2.45, 2.75) is 97.0 Å². The Morgan fingerprint density at radius 2 is 1.70 bits per heavy atom. The van der Waals surface area contributed by atoms with E-state index >= 15 is 0 Å². The maximum Gasteiger partial charge on any atom is 0.311 e. The lowest BCUT2D eigenvalue weighted by atomic mass is 10.0. The van der Waals surface area contributed by atoms with Gasteiger partial charge >= 0.3 is 5.97 Å². The quantitative estimate of drug-likeness (QED) is 0.284. The molecule has 1 rings (SSSR count). The van der Waals surface area contributed by atoms with Crippen LogP contribution >= 0.6 is 11.3 Å². The van der Waals surface area contributed by atoms with Crippen LogP contribution in [0.5, 0.6) is 0 Å². The van der Waals surface area contributed by atoms with Gasteiger partial charge in [0.05, 0.1) is 6.42 Å². The molecule has 0 aliphatic carbocycles. The SMILES string of the molecule is CCCCCCCCCCCC(CC)OC(=O)Cc1cccs1. The average molecular weight is 339 g/mol. The second-order valence-electron chi connectivity index (χ2n) is 6.39. The summed E-state index contributed by atoms with van der Waals surface area (Å²) in [5, 5.41) is 2.00. The number of rotatable bonds is 14. The maximum atomic E-state index is 11.9. The van der Waals surface area contributed by atoms with E-state index in [2.05, 4.69) is 13.8 Å². The van der Waals surface area contributed by atoms with Crippen LogP contribution in [0.1, 0.15) is 89.4 Å². The van der Waals surface area contributed by atoms with Gasteiger partial charge in [-0.1, -0.05) is 71.3 Å². The van der Waals surface area contributed by atoms with E-state index in [1.54, 1.807) is 11.3 Å². The van der Waals surface area contributed by atoms with Crippen molar-refractivity contribution < 1.29 is 9.53 Å². The van der Waals surface area contributed by atoms with Gasteiger partial charge in [0.25, 0.3) is 0 Å². The predicted molar refractivity (Wildman–Crippen MR) is 100 cm³/mol. The van der Waals surface area contributed by atoms with Gasteiger partial charge in [-0.25, -0.2) is 0 Å². The number of carbonyl (C=O) groups is 1. The van der Waals surface area contributed by atoms with Crippen LogP contribution in [0.2, 0.25) is 0 Å². The van der Waals surface area contributed by atoms with Crippen molar-refractivity contribution in [3.8, 4) is 0 Å². The van der Waals surface area contributed by atoms with Crippen LogP contribution in [0.3, 0.4) is 0 Å². The molecule has 0 aliphatic rings. The lowest BCUT2D eigenvalue weighted by Gasteiger charge is -2.16. The molecular weight excluding hydrogens is 304 g/mol. The third kappa shape index (κ3) is 10.5. The van der Waals surface area contributed by atoms with Gasteiger partial charge in [-0.05, 0) is 30.7 Å². The average Bonchev–Trinajstić information content (AvgIpc) is 3.05. The highest BCUT2D eigenvalue weighted by atomic mass is 32.1. The molecule has 23 heavy (non-hydrogen) atoms. The molecule has 0 amide bonds. The van der Waals surface area contributed by atoms with Crippen LogP contribution in [0, 0.1) is 0 Å². The number of ether oxygens (including phenoxy) is 1. The summed E-state index contributed by atoms with van der Waals surface area (Å²) in [5.74, 6) is -0.0739. The van der Waals surface area contributed by atoms with Gasteiger partial charge in [-0.2, -0.15) is 0 Å². The van der Waals surface area contributed by atoms with Gasteiger partial charge in [-0.15, -0.1) is 11.3 Å². The predicted octanol–water partition coefficient (Wildman–Crippen LogP) is 6.53. The van der Waals surface area contributed by atoms with E-state index in [0.717, 1.165) is 17.7 Å². The second kappa shape index (κ2) is 13.6. The third-order valence-electron chi connectivity index (χ3n) is 4.28. The van der Waals surface area contributed by atoms with E-state index < -0.39 is 0 Å². The Hall–Kier alpha value is -0.830. The Bertz CT molecular complexity index is 386. The molecule has 1 aromatic rings. The summed E-state index contributed by atoms with van der Waals surface area (Å²) in [6, 6.07) is 3.97. The van der Waals surface area contributed by atoms with Crippen LogP contribution in [0.25, 0.3) is 0 Å². The topological polar surface area (TPSA) is 26.3 Å². The molecule has 2 nitrogen and oxygen atoms in total. The van der Waals surface area contributed by atoms with Crippen LogP contribution in [0.15, 0.2) is 17.5 Å². The Balaban J connectivity index is 2.01. The van der Waals surface area contributed by atoms with Crippen molar-refractivity contribution in [2.24, 2.45) is 0 Å². The second-order valence-corrected chi connectivity index (χ2v) is 7.43. The van der Waals surface area contributed by atoms with Crippen molar-refractivity contribution in [3.63, 3.8) is 0 Å². The Kier molecular flexibility index (Phi) is 11.9. The van der Waals surface area contributed by atoms with Gasteiger partial charge in [0.15, 0.2) is 0 Å². The zero-order chi connectivity index (χ0) is 16.8. The number of hydrogen-bond acceptors (Lipinski definition) is 3. The molecule has 1 unspecified atom stereocenters. The zero-order valence-corrected chi connectivity index (χ0v) is 15.8. The van der Waals surface area contributed by atoms with E-state index in [1.807, 2.05) is 17.5 Å². The van der Waals surface area contributed by atoms with Gasteiger partial charge in [0, 0.05) is 4.88 Å². The molecule has 0 saturated carbocycles. The highest BCUT2D eigenvalue weighted by molar-refractivity contribution is 7.10. The molecule has 0 radical (unpaired) electrons. The van der Waals surface area contributed by atoms with Crippen molar-refractivity contribution in [2.75, 3.05) is 0 Å². The minimum Gasteiger partial charge on any atom is -0.462 e. The monoisotopic (exact) mass is 338 g/mol. The minimum absolute atomic E-state index is 0.0739. The number of hydrogen-bond donors (Lipinski definition) is 0. The third-order valence-corrected chi connectivity index (χ3v) is 5.16. The molecule has 0 N–H and O–H groups in total. The molecule has 0 bridgehead atoms. The zero-order valence-electron chi connectivity index (χ0n) is 15.0. The Morgan fingerprint density at radius 3 is 2.26 bits per heavy atom. The summed E-state index contributed by atoms with van der Waals surface area (Å²) in [5.41, 5.74) is 0. The van der Waals surface area contributed by atoms with E-state index in [4.69, 9.17) is 4.74 Å². The van der Waals surface area contributed by atoms with Crippen LogP contribution in [-0.2, 0) is 16.0 Å². The molecular formula is C20H34O2S. The number of carbonyl (C=O) groups excluding carboxylic acids is 1. The molecule has 3 heteroatoms. The number of esters is 1. The van der Waals surface area contributed by atoms with E-state index in [1.165, 1.54) is 57.8 Å². The maximum absolute atomic E-state index is 11.9. The highest BCUT2D eigenvalue weighted by Gasteiger charge is 2.13. The molecule has 0 fully saturated rings. The molecule has 0 spiro atoms. The fourth-order valence-corrected chi connectivity index (χ4v) is 3.50. The fraction of sp³-hybridized carbons (Fsp3) is 0.750. The normalized spacial score (nSPS) is 12.3. The highest BCUT2D eigenvalue weighted by Crippen LogP contribution is 2.15. The summed E-state index contributed by atoms with van der Waals surface area (Å²) >= 11 is 1.62. The van der Waals surface area contributed by atoms with Gasteiger partial charge in [0.2, 0.25) is 0 Å². The first-order chi connectivity index (χ1) is 11.3. The van der Waals surface area contributed by atoms with Gasteiger partial charge < -0.3 is 4.74 Å². The fourth-order valence-electron chi connectivity index (χ4n) is 2.81. The van der Waals surface area contributed by atoms with Crippen molar-refractivity contribution in [1.29, 1.82) is 0 Å². The molecule has 0 aliphatic heterocycles. The molecule has 1 atom stereocenters. The van der Waals surface area contributed by atoms with Gasteiger partial charge in [-0.3, -0.25) is 4.79 Å². The number of unbranched alkanes of at least 4 members (excludes halogenated alkanes) is 8. The van der Waals surface area contributed by atoms with Crippen molar-refractivity contribution in [3.05, 3.63) is 22.4 Å².